The first-order valence-corrected chi connectivity index (χ1v) is 7.03. The average Bonchev–Trinajstić information content (AvgIpc) is 2.39. The molecule has 17 heavy (non-hydrogen) atoms. The van der Waals surface area contributed by atoms with Gasteiger partial charge in [-0.25, -0.2) is 0 Å². The Morgan fingerprint density at radius 2 is 1.65 bits per heavy atom. The van der Waals surface area contributed by atoms with Crippen LogP contribution in [0, 0.1) is 0 Å². The van der Waals surface area contributed by atoms with E-state index in [1.807, 2.05) is 42.1 Å². The standard InChI is InChI=1S/C15H16OS/c1-17-12-14-9-5-6-10-15(14)16-11-13-7-3-2-4-8-13/h2-10H,11-12H2,1H3. The first-order chi connectivity index (χ1) is 8.40. The van der Waals surface area contributed by atoms with Crippen LogP contribution < -0.4 is 4.74 Å². The van der Waals surface area contributed by atoms with Crippen molar-refractivity contribution in [3.63, 3.8) is 0 Å². The van der Waals surface area contributed by atoms with Gasteiger partial charge >= 0.3 is 0 Å². The predicted molar refractivity (Wildman–Crippen MR) is 74.4 cm³/mol. The Bertz CT molecular complexity index is 453. The summed E-state index contributed by atoms with van der Waals surface area (Å²) in [7, 11) is 0. The maximum absolute atomic E-state index is 5.86. The van der Waals surface area contributed by atoms with Crippen LogP contribution in [0.25, 0.3) is 0 Å². The second-order valence-corrected chi connectivity index (χ2v) is 4.68. The van der Waals surface area contributed by atoms with Crippen LogP contribution >= 0.6 is 11.8 Å². The number of rotatable bonds is 5. The van der Waals surface area contributed by atoms with Crippen LogP contribution in [0.2, 0.25) is 0 Å². The van der Waals surface area contributed by atoms with Crippen LogP contribution in [0.3, 0.4) is 0 Å². The molecule has 0 saturated carbocycles. The third-order valence-corrected chi connectivity index (χ3v) is 3.11. The molecular weight excluding hydrogens is 228 g/mol. The number of ether oxygens (including phenoxy) is 1. The lowest BCUT2D eigenvalue weighted by Crippen LogP contribution is -1.97. The quantitative estimate of drug-likeness (QED) is 0.782. The smallest absolute Gasteiger partial charge is 0.123 e. The van der Waals surface area contributed by atoms with Gasteiger partial charge < -0.3 is 4.74 Å². The molecule has 0 amide bonds. The lowest BCUT2D eigenvalue weighted by Gasteiger charge is -2.10. The van der Waals surface area contributed by atoms with E-state index in [2.05, 4.69) is 30.5 Å². The monoisotopic (exact) mass is 244 g/mol. The van der Waals surface area contributed by atoms with Gasteiger partial charge in [-0.05, 0) is 17.9 Å². The van der Waals surface area contributed by atoms with Crippen LogP contribution in [-0.4, -0.2) is 6.26 Å². The fourth-order valence-electron chi connectivity index (χ4n) is 1.65. The highest BCUT2D eigenvalue weighted by Gasteiger charge is 2.02. The minimum absolute atomic E-state index is 0.631. The summed E-state index contributed by atoms with van der Waals surface area (Å²) >= 11 is 1.81. The van der Waals surface area contributed by atoms with Crippen LogP contribution in [0.4, 0.5) is 0 Å². The molecule has 0 aromatic heterocycles. The van der Waals surface area contributed by atoms with Crippen molar-refractivity contribution in [2.75, 3.05) is 6.26 Å². The fourth-order valence-corrected chi connectivity index (χ4v) is 2.20. The van der Waals surface area contributed by atoms with Crippen molar-refractivity contribution >= 4 is 11.8 Å². The number of para-hydroxylation sites is 1. The number of hydrogen-bond donors (Lipinski definition) is 0. The summed E-state index contributed by atoms with van der Waals surface area (Å²) in [5, 5.41) is 0. The summed E-state index contributed by atoms with van der Waals surface area (Å²) in [6, 6.07) is 18.5. The van der Waals surface area contributed by atoms with Crippen molar-refractivity contribution in [2.24, 2.45) is 0 Å². The molecule has 0 aliphatic heterocycles. The zero-order valence-electron chi connectivity index (χ0n) is 9.93. The SMILES string of the molecule is CSCc1ccccc1OCc1ccccc1. The summed E-state index contributed by atoms with van der Waals surface area (Å²) in [4.78, 5) is 0. The second-order valence-electron chi connectivity index (χ2n) is 3.82. The molecule has 2 aromatic carbocycles. The van der Waals surface area contributed by atoms with Gasteiger partial charge in [0.15, 0.2) is 0 Å². The fraction of sp³-hybridized carbons (Fsp3) is 0.200. The zero-order valence-corrected chi connectivity index (χ0v) is 10.7. The van der Waals surface area contributed by atoms with Gasteiger partial charge in [-0.15, -0.1) is 0 Å². The Kier molecular flexibility index (Phi) is 4.51. The Labute approximate surface area is 107 Å². The summed E-state index contributed by atoms with van der Waals surface area (Å²) in [6.07, 6.45) is 2.11. The Morgan fingerprint density at radius 3 is 2.41 bits per heavy atom. The van der Waals surface area contributed by atoms with E-state index in [1.165, 1.54) is 11.1 Å². The summed E-state index contributed by atoms with van der Waals surface area (Å²) in [5.41, 5.74) is 2.46. The number of benzene rings is 2. The van der Waals surface area contributed by atoms with Crippen LogP contribution in [-0.2, 0) is 12.4 Å². The molecule has 2 rings (SSSR count). The molecule has 0 radical (unpaired) electrons. The zero-order chi connectivity index (χ0) is 11.9. The van der Waals surface area contributed by atoms with Gasteiger partial charge in [0, 0.05) is 11.3 Å². The summed E-state index contributed by atoms with van der Waals surface area (Å²) < 4.78 is 5.86. The first kappa shape index (κ1) is 12.1. The molecule has 0 aliphatic rings. The van der Waals surface area contributed by atoms with E-state index < -0.39 is 0 Å². The lowest BCUT2D eigenvalue weighted by molar-refractivity contribution is 0.304. The van der Waals surface area contributed by atoms with E-state index in [9.17, 15) is 0 Å². The lowest BCUT2D eigenvalue weighted by atomic mass is 10.2. The van der Waals surface area contributed by atoms with E-state index in [-0.39, 0.29) is 0 Å². The highest BCUT2D eigenvalue weighted by atomic mass is 32.2. The average molecular weight is 244 g/mol. The maximum Gasteiger partial charge on any atom is 0.123 e. The topological polar surface area (TPSA) is 9.23 Å². The summed E-state index contributed by atoms with van der Waals surface area (Å²) in [6.45, 7) is 0.631. The van der Waals surface area contributed by atoms with Crippen LogP contribution in [0.1, 0.15) is 11.1 Å². The Morgan fingerprint density at radius 1 is 0.941 bits per heavy atom. The van der Waals surface area contributed by atoms with Gasteiger partial charge in [0.05, 0.1) is 0 Å². The number of hydrogen-bond acceptors (Lipinski definition) is 2. The molecule has 0 aliphatic carbocycles. The minimum Gasteiger partial charge on any atom is -0.489 e. The van der Waals surface area contributed by atoms with E-state index >= 15 is 0 Å². The first-order valence-electron chi connectivity index (χ1n) is 5.63. The van der Waals surface area contributed by atoms with Gasteiger partial charge in [-0.1, -0.05) is 48.5 Å². The van der Waals surface area contributed by atoms with Crippen molar-refractivity contribution < 1.29 is 4.74 Å². The molecular formula is C15H16OS. The highest BCUT2D eigenvalue weighted by molar-refractivity contribution is 7.97. The molecule has 0 N–H and O–H groups in total. The summed E-state index contributed by atoms with van der Waals surface area (Å²) in [5.74, 6) is 1.98. The third kappa shape index (κ3) is 3.53. The minimum atomic E-state index is 0.631. The molecule has 0 heterocycles. The van der Waals surface area contributed by atoms with Crippen molar-refractivity contribution in [1.29, 1.82) is 0 Å². The molecule has 2 heteroatoms. The Balaban J connectivity index is 2.03. The number of thioether (sulfide) groups is 1. The van der Waals surface area contributed by atoms with E-state index in [0.717, 1.165) is 11.5 Å². The molecule has 0 bridgehead atoms. The predicted octanol–water partition coefficient (Wildman–Crippen LogP) is 4.13. The largest absolute Gasteiger partial charge is 0.489 e. The van der Waals surface area contributed by atoms with Gasteiger partial charge in [0.1, 0.15) is 12.4 Å². The normalized spacial score (nSPS) is 10.2. The Hall–Kier alpha value is -1.41. The third-order valence-electron chi connectivity index (χ3n) is 2.51. The molecule has 0 saturated heterocycles. The van der Waals surface area contributed by atoms with Crippen LogP contribution in [0.5, 0.6) is 5.75 Å². The van der Waals surface area contributed by atoms with Gasteiger partial charge in [0.25, 0.3) is 0 Å². The molecule has 0 fully saturated rings. The van der Waals surface area contributed by atoms with Gasteiger partial charge in [-0.3, -0.25) is 0 Å². The highest BCUT2D eigenvalue weighted by Crippen LogP contribution is 2.22. The second kappa shape index (κ2) is 6.36. The van der Waals surface area contributed by atoms with Crippen molar-refractivity contribution in [3.05, 3.63) is 65.7 Å². The molecule has 2 aromatic rings. The molecule has 0 unspecified atom stereocenters. The molecule has 88 valence electrons. The van der Waals surface area contributed by atoms with Gasteiger partial charge in [-0.2, -0.15) is 11.8 Å². The molecule has 0 spiro atoms. The van der Waals surface area contributed by atoms with E-state index in [4.69, 9.17) is 4.74 Å². The van der Waals surface area contributed by atoms with Crippen molar-refractivity contribution in [3.8, 4) is 5.75 Å². The van der Waals surface area contributed by atoms with E-state index in [0.29, 0.717) is 6.61 Å². The molecule has 1 nitrogen and oxygen atoms in total. The van der Waals surface area contributed by atoms with E-state index in [1.54, 1.807) is 0 Å². The van der Waals surface area contributed by atoms with Crippen molar-refractivity contribution in [2.45, 2.75) is 12.4 Å². The maximum atomic E-state index is 5.86. The van der Waals surface area contributed by atoms with Crippen molar-refractivity contribution in [1.82, 2.24) is 0 Å². The van der Waals surface area contributed by atoms with Crippen LogP contribution in [0.15, 0.2) is 54.6 Å². The van der Waals surface area contributed by atoms with Gasteiger partial charge in [0.2, 0.25) is 0 Å². The molecule has 0 atom stereocenters.